The smallest absolute Gasteiger partial charge is 0.158 e. The van der Waals surface area contributed by atoms with Crippen molar-refractivity contribution in [1.82, 2.24) is 5.16 Å². The summed E-state index contributed by atoms with van der Waals surface area (Å²) in [6.07, 6.45) is 2.65. The van der Waals surface area contributed by atoms with Gasteiger partial charge in [-0.15, -0.1) is 0 Å². The first-order valence-electron chi connectivity index (χ1n) is 6.24. The molecule has 0 saturated heterocycles. The highest BCUT2D eigenvalue weighted by atomic mass is 32.2. The van der Waals surface area contributed by atoms with Gasteiger partial charge in [-0.3, -0.25) is 0 Å². The first-order chi connectivity index (χ1) is 9.06. The maximum absolute atomic E-state index is 12.5. The van der Waals surface area contributed by atoms with Gasteiger partial charge in [0.1, 0.15) is 6.26 Å². The monoisotopic (exact) mass is 277 g/mol. The third kappa shape index (κ3) is 2.30. The molecule has 3 rings (SSSR count). The zero-order valence-corrected chi connectivity index (χ0v) is 11.5. The van der Waals surface area contributed by atoms with Crippen molar-refractivity contribution in [2.75, 3.05) is 0 Å². The summed E-state index contributed by atoms with van der Waals surface area (Å²) < 4.78 is 29.7. The van der Waals surface area contributed by atoms with Gasteiger partial charge in [-0.25, -0.2) is 8.42 Å². The molecule has 2 aromatic rings. The van der Waals surface area contributed by atoms with E-state index in [1.54, 1.807) is 6.92 Å². The van der Waals surface area contributed by atoms with Crippen LogP contribution in [0.25, 0.3) is 0 Å². The lowest BCUT2D eigenvalue weighted by molar-refractivity contribution is 0.414. The Morgan fingerprint density at radius 1 is 1.26 bits per heavy atom. The maximum Gasteiger partial charge on any atom is 0.158 e. The van der Waals surface area contributed by atoms with Crippen LogP contribution in [0, 0.1) is 6.92 Å². The van der Waals surface area contributed by atoms with Crippen LogP contribution in [0.1, 0.15) is 22.4 Å². The van der Waals surface area contributed by atoms with Gasteiger partial charge >= 0.3 is 0 Å². The Morgan fingerprint density at radius 3 is 2.42 bits per heavy atom. The van der Waals surface area contributed by atoms with Gasteiger partial charge < -0.3 is 4.52 Å². The van der Waals surface area contributed by atoms with Crippen LogP contribution in [0.2, 0.25) is 0 Å². The number of aryl methyl sites for hydroxylation is 1. The van der Waals surface area contributed by atoms with E-state index in [-0.39, 0.29) is 11.0 Å². The van der Waals surface area contributed by atoms with E-state index in [1.165, 1.54) is 6.26 Å². The van der Waals surface area contributed by atoms with Crippen molar-refractivity contribution in [2.45, 2.75) is 30.8 Å². The Labute approximate surface area is 112 Å². The highest BCUT2D eigenvalue weighted by molar-refractivity contribution is 7.91. The number of aromatic nitrogens is 1. The van der Waals surface area contributed by atoms with Crippen LogP contribution < -0.4 is 0 Å². The van der Waals surface area contributed by atoms with Crippen LogP contribution in [-0.4, -0.2) is 18.8 Å². The van der Waals surface area contributed by atoms with E-state index in [0.717, 1.165) is 11.1 Å². The van der Waals surface area contributed by atoms with E-state index < -0.39 is 9.84 Å². The molecule has 0 atom stereocenters. The third-order valence-corrected chi connectivity index (χ3v) is 5.79. The molecular weight excluding hydrogens is 262 g/mol. The fourth-order valence-electron chi connectivity index (χ4n) is 2.56. The first-order valence-corrected chi connectivity index (χ1v) is 7.96. The average Bonchev–Trinajstić information content (AvgIpc) is 2.96. The average molecular weight is 277 g/mol. The van der Waals surface area contributed by atoms with E-state index in [2.05, 4.69) is 5.16 Å². The molecule has 0 radical (unpaired) electrons. The summed E-state index contributed by atoms with van der Waals surface area (Å²) in [6, 6.07) is 7.93. The van der Waals surface area contributed by atoms with Gasteiger partial charge in [0, 0.05) is 5.56 Å². The molecule has 0 spiro atoms. The van der Waals surface area contributed by atoms with Crippen molar-refractivity contribution in [3.05, 3.63) is 52.9 Å². The molecule has 0 amide bonds. The number of fused-ring (bicyclic) bond motifs is 1. The van der Waals surface area contributed by atoms with E-state index in [1.807, 2.05) is 24.3 Å². The molecule has 19 heavy (non-hydrogen) atoms. The van der Waals surface area contributed by atoms with Crippen molar-refractivity contribution in [2.24, 2.45) is 0 Å². The standard InChI is InChI=1S/C14H15NO3S/c1-10-13(8-18-15-10)9-19(16,17)14-6-11-4-2-3-5-12(11)7-14/h2-5,8,14H,6-7,9H2,1H3. The molecule has 0 unspecified atom stereocenters. The normalized spacial score (nSPS) is 15.6. The summed E-state index contributed by atoms with van der Waals surface area (Å²) in [4.78, 5) is 0. The van der Waals surface area contributed by atoms with Crippen molar-refractivity contribution in [3.63, 3.8) is 0 Å². The SMILES string of the molecule is Cc1nocc1CS(=O)(=O)C1Cc2ccccc2C1. The molecule has 0 saturated carbocycles. The highest BCUT2D eigenvalue weighted by Crippen LogP contribution is 2.28. The Hall–Kier alpha value is -1.62. The maximum atomic E-state index is 12.5. The van der Waals surface area contributed by atoms with Gasteiger partial charge in [-0.1, -0.05) is 29.4 Å². The lowest BCUT2D eigenvalue weighted by Crippen LogP contribution is -2.23. The molecule has 0 N–H and O–H groups in total. The van der Waals surface area contributed by atoms with E-state index in [9.17, 15) is 8.42 Å². The minimum absolute atomic E-state index is 0.0149. The second-order valence-electron chi connectivity index (χ2n) is 5.03. The third-order valence-electron chi connectivity index (χ3n) is 3.73. The number of rotatable bonds is 3. The molecule has 0 bridgehead atoms. The number of benzene rings is 1. The van der Waals surface area contributed by atoms with Gasteiger partial charge in [0.05, 0.1) is 16.7 Å². The van der Waals surface area contributed by atoms with Crippen LogP contribution in [0.5, 0.6) is 0 Å². The molecule has 100 valence electrons. The van der Waals surface area contributed by atoms with Gasteiger partial charge in [-0.05, 0) is 30.9 Å². The van der Waals surface area contributed by atoms with Gasteiger partial charge in [0.2, 0.25) is 0 Å². The number of nitrogens with zero attached hydrogens (tertiary/aromatic N) is 1. The van der Waals surface area contributed by atoms with Gasteiger partial charge in [-0.2, -0.15) is 0 Å². The Balaban J connectivity index is 1.82. The highest BCUT2D eigenvalue weighted by Gasteiger charge is 2.32. The van der Waals surface area contributed by atoms with Crippen molar-refractivity contribution in [1.29, 1.82) is 0 Å². The molecule has 4 nitrogen and oxygen atoms in total. The van der Waals surface area contributed by atoms with Crippen LogP contribution in [0.4, 0.5) is 0 Å². The quantitative estimate of drug-likeness (QED) is 0.861. The minimum atomic E-state index is -3.17. The van der Waals surface area contributed by atoms with E-state index in [0.29, 0.717) is 24.1 Å². The number of hydrogen-bond acceptors (Lipinski definition) is 4. The molecule has 5 heteroatoms. The number of sulfone groups is 1. The summed E-state index contributed by atoms with van der Waals surface area (Å²) in [7, 11) is -3.17. The first kappa shape index (κ1) is 12.4. The molecule has 1 aromatic carbocycles. The van der Waals surface area contributed by atoms with Crippen molar-refractivity contribution >= 4 is 9.84 Å². The summed E-state index contributed by atoms with van der Waals surface area (Å²) in [5.74, 6) is 0.0149. The molecule has 1 aliphatic rings. The molecule has 0 fully saturated rings. The van der Waals surface area contributed by atoms with Crippen LogP contribution in [0.15, 0.2) is 35.1 Å². The lowest BCUT2D eigenvalue weighted by atomic mass is 10.1. The summed E-state index contributed by atoms with van der Waals surface area (Å²) in [5.41, 5.74) is 3.62. The Kier molecular flexibility index (Phi) is 2.93. The number of hydrogen-bond donors (Lipinski definition) is 0. The van der Waals surface area contributed by atoms with Crippen molar-refractivity contribution < 1.29 is 12.9 Å². The minimum Gasteiger partial charge on any atom is -0.364 e. The zero-order chi connectivity index (χ0) is 13.5. The summed E-state index contributed by atoms with van der Waals surface area (Å²) in [5, 5.41) is 3.41. The Morgan fingerprint density at radius 2 is 1.89 bits per heavy atom. The zero-order valence-electron chi connectivity index (χ0n) is 10.7. The second-order valence-corrected chi connectivity index (χ2v) is 7.31. The van der Waals surface area contributed by atoms with Crippen LogP contribution in [0.3, 0.4) is 0 Å². The van der Waals surface area contributed by atoms with Crippen LogP contribution in [-0.2, 0) is 28.4 Å². The fourth-order valence-corrected chi connectivity index (χ4v) is 4.37. The predicted octanol–water partition coefficient (Wildman–Crippen LogP) is 2.07. The summed E-state index contributed by atoms with van der Waals surface area (Å²) >= 11 is 0. The van der Waals surface area contributed by atoms with Crippen LogP contribution >= 0.6 is 0 Å². The molecule has 1 aliphatic carbocycles. The Bertz CT molecular complexity index is 678. The molecular formula is C14H15NO3S. The molecule has 1 aromatic heterocycles. The second kappa shape index (κ2) is 4.49. The molecule has 0 aliphatic heterocycles. The van der Waals surface area contributed by atoms with E-state index >= 15 is 0 Å². The van der Waals surface area contributed by atoms with Crippen molar-refractivity contribution in [3.8, 4) is 0 Å². The topological polar surface area (TPSA) is 60.2 Å². The van der Waals surface area contributed by atoms with Gasteiger partial charge in [0.25, 0.3) is 0 Å². The molecule has 1 heterocycles. The van der Waals surface area contributed by atoms with E-state index in [4.69, 9.17) is 4.52 Å². The lowest BCUT2D eigenvalue weighted by Gasteiger charge is -2.10. The summed E-state index contributed by atoms with van der Waals surface area (Å²) in [6.45, 7) is 1.76. The fraction of sp³-hybridized carbons (Fsp3) is 0.357. The van der Waals surface area contributed by atoms with Gasteiger partial charge in [0.15, 0.2) is 9.84 Å². The predicted molar refractivity (Wildman–Crippen MR) is 71.5 cm³/mol. The largest absolute Gasteiger partial charge is 0.364 e.